The van der Waals surface area contributed by atoms with Gasteiger partial charge < -0.3 is 10.6 Å². The second kappa shape index (κ2) is 7.73. The Kier molecular flexibility index (Phi) is 5.43. The van der Waals surface area contributed by atoms with Crippen LogP contribution in [0.15, 0.2) is 42.5 Å². The van der Waals surface area contributed by atoms with Gasteiger partial charge in [-0.2, -0.15) is 0 Å². The van der Waals surface area contributed by atoms with Crippen LogP contribution >= 0.6 is 12.2 Å². The number of aryl methyl sites for hydroxylation is 1. The number of hydrogen-bond acceptors (Lipinski definition) is 2. The molecule has 0 bridgehead atoms. The zero-order valence-corrected chi connectivity index (χ0v) is 14.6. The molecule has 1 aliphatic heterocycles. The highest BCUT2D eigenvalue weighted by Crippen LogP contribution is 2.17. The van der Waals surface area contributed by atoms with E-state index in [-0.39, 0.29) is 5.82 Å². The van der Waals surface area contributed by atoms with E-state index in [9.17, 15) is 4.39 Å². The number of nitrogens with zero attached hydrogens (tertiary/aromatic N) is 1. The first-order valence-electron chi connectivity index (χ1n) is 8.25. The number of nitrogens with one attached hydrogen (secondary N) is 2. The van der Waals surface area contributed by atoms with Crippen molar-refractivity contribution in [2.24, 2.45) is 0 Å². The van der Waals surface area contributed by atoms with Crippen LogP contribution in [0.25, 0.3) is 0 Å². The molecule has 2 aromatic carbocycles. The number of thiocarbonyl (C=S) groups is 1. The minimum absolute atomic E-state index is 0.240. The van der Waals surface area contributed by atoms with Crippen molar-refractivity contribution in [1.29, 1.82) is 0 Å². The maximum absolute atomic E-state index is 13.6. The van der Waals surface area contributed by atoms with E-state index in [1.54, 1.807) is 13.0 Å². The summed E-state index contributed by atoms with van der Waals surface area (Å²) in [5.74, 6) is -0.240. The normalized spacial score (nSPS) is 14.6. The highest BCUT2D eigenvalue weighted by Gasteiger charge is 2.11. The molecule has 0 aromatic heterocycles. The van der Waals surface area contributed by atoms with Crippen LogP contribution < -0.4 is 10.6 Å². The number of benzene rings is 2. The summed E-state index contributed by atoms with van der Waals surface area (Å²) in [6.07, 6.45) is 2.58. The van der Waals surface area contributed by atoms with Crippen molar-refractivity contribution >= 4 is 28.7 Å². The van der Waals surface area contributed by atoms with Crippen LogP contribution in [0.4, 0.5) is 15.8 Å². The van der Waals surface area contributed by atoms with Crippen LogP contribution in [0.3, 0.4) is 0 Å². The fourth-order valence-corrected chi connectivity index (χ4v) is 3.15. The van der Waals surface area contributed by atoms with Gasteiger partial charge in [0.2, 0.25) is 0 Å². The van der Waals surface area contributed by atoms with Crippen molar-refractivity contribution in [2.45, 2.75) is 26.3 Å². The lowest BCUT2D eigenvalue weighted by Gasteiger charge is -2.16. The topological polar surface area (TPSA) is 27.3 Å². The van der Waals surface area contributed by atoms with Crippen molar-refractivity contribution < 1.29 is 4.39 Å². The molecular weight excluding hydrogens is 321 g/mol. The molecule has 3 rings (SSSR count). The van der Waals surface area contributed by atoms with E-state index in [4.69, 9.17) is 12.2 Å². The molecule has 0 amide bonds. The number of likely N-dealkylation sites (tertiary alicyclic amines) is 1. The third-order valence-corrected chi connectivity index (χ3v) is 4.42. The first kappa shape index (κ1) is 16.9. The summed E-state index contributed by atoms with van der Waals surface area (Å²) < 4.78 is 13.6. The average molecular weight is 343 g/mol. The molecule has 0 aliphatic carbocycles. The highest BCUT2D eigenvalue weighted by atomic mass is 32.1. The molecule has 0 radical (unpaired) electrons. The van der Waals surface area contributed by atoms with E-state index in [0.717, 1.165) is 12.2 Å². The summed E-state index contributed by atoms with van der Waals surface area (Å²) in [6.45, 7) is 5.06. The average Bonchev–Trinajstić information content (AvgIpc) is 3.04. The van der Waals surface area contributed by atoms with Crippen molar-refractivity contribution in [3.05, 3.63) is 59.4 Å². The molecule has 2 N–H and O–H groups in total. The fourth-order valence-electron chi connectivity index (χ4n) is 2.91. The molecule has 1 heterocycles. The largest absolute Gasteiger partial charge is 0.332 e. The van der Waals surface area contributed by atoms with Gasteiger partial charge in [-0.05, 0) is 80.5 Å². The Morgan fingerprint density at radius 1 is 1.08 bits per heavy atom. The molecule has 1 fully saturated rings. The zero-order chi connectivity index (χ0) is 16.9. The summed E-state index contributed by atoms with van der Waals surface area (Å²) in [7, 11) is 0. The maximum Gasteiger partial charge on any atom is 0.175 e. The highest BCUT2D eigenvalue weighted by molar-refractivity contribution is 7.80. The summed E-state index contributed by atoms with van der Waals surface area (Å²) in [4.78, 5) is 2.46. The van der Waals surface area contributed by atoms with Crippen LogP contribution in [0.1, 0.15) is 24.0 Å². The molecule has 0 spiro atoms. The quantitative estimate of drug-likeness (QED) is 0.797. The Labute approximate surface area is 147 Å². The smallest absolute Gasteiger partial charge is 0.175 e. The third kappa shape index (κ3) is 4.52. The van der Waals surface area contributed by atoms with Crippen LogP contribution in [-0.4, -0.2) is 23.1 Å². The van der Waals surface area contributed by atoms with E-state index in [0.29, 0.717) is 16.4 Å². The summed E-state index contributed by atoms with van der Waals surface area (Å²) >= 11 is 5.33. The number of rotatable bonds is 4. The van der Waals surface area contributed by atoms with E-state index in [1.807, 2.05) is 18.2 Å². The predicted octanol–water partition coefficient (Wildman–Crippen LogP) is 4.54. The molecule has 3 nitrogen and oxygen atoms in total. The van der Waals surface area contributed by atoms with Gasteiger partial charge in [0, 0.05) is 17.9 Å². The van der Waals surface area contributed by atoms with Gasteiger partial charge in [0.25, 0.3) is 0 Å². The van der Waals surface area contributed by atoms with E-state index in [2.05, 4.69) is 27.7 Å². The monoisotopic (exact) mass is 343 g/mol. The lowest BCUT2D eigenvalue weighted by molar-refractivity contribution is 0.331. The first-order chi connectivity index (χ1) is 11.6. The van der Waals surface area contributed by atoms with Gasteiger partial charge in [-0.3, -0.25) is 4.90 Å². The first-order valence-corrected chi connectivity index (χ1v) is 8.66. The number of hydrogen-bond donors (Lipinski definition) is 2. The molecule has 1 saturated heterocycles. The van der Waals surface area contributed by atoms with Gasteiger partial charge >= 0.3 is 0 Å². The molecule has 5 heteroatoms. The van der Waals surface area contributed by atoms with Crippen LogP contribution in [0.2, 0.25) is 0 Å². The van der Waals surface area contributed by atoms with Gasteiger partial charge in [0.05, 0.1) is 0 Å². The molecule has 0 atom stereocenters. The summed E-state index contributed by atoms with van der Waals surface area (Å²) in [5.41, 5.74) is 3.47. The Bertz CT molecular complexity index is 726. The molecule has 24 heavy (non-hydrogen) atoms. The standard InChI is InChI=1S/C19H22FN3S/c1-14-7-8-17(12-18(14)20)22-19(24)21-16-6-4-5-15(11-16)13-23-9-2-3-10-23/h4-8,11-12H,2-3,9-10,13H2,1H3,(H2,21,22,24). The van der Waals surface area contributed by atoms with E-state index < -0.39 is 0 Å². The van der Waals surface area contributed by atoms with E-state index in [1.165, 1.54) is 37.6 Å². The SMILES string of the molecule is Cc1ccc(NC(=S)Nc2cccc(CN3CCCC3)c2)cc1F. The van der Waals surface area contributed by atoms with Gasteiger partial charge in [-0.15, -0.1) is 0 Å². The van der Waals surface area contributed by atoms with Crippen LogP contribution in [-0.2, 0) is 6.54 Å². The number of halogens is 1. The van der Waals surface area contributed by atoms with Gasteiger partial charge in [-0.25, -0.2) is 4.39 Å². The van der Waals surface area contributed by atoms with Crippen molar-refractivity contribution in [3.8, 4) is 0 Å². The minimum Gasteiger partial charge on any atom is -0.332 e. The Balaban J connectivity index is 1.60. The molecule has 0 unspecified atom stereocenters. The second-order valence-corrected chi connectivity index (χ2v) is 6.63. The molecule has 2 aromatic rings. The Hall–Kier alpha value is -1.98. The summed E-state index contributed by atoms with van der Waals surface area (Å²) in [6, 6.07) is 13.3. The predicted molar refractivity (Wildman–Crippen MR) is 102 cm³/mol. The molecule has 0 saturated carbocycles. The Morgan fingerprint density at radius 3 is 2.50 bits per heavy atom. The zero-order valence-electron chi connectivity index (χ0n) is 13.8. The summed E-state index contributed by atoms with van der Waals surface area (Å²) in [5, 5.41) is 6.65. The number of anilines is 2. The molecule has 126 valence electrons. The minimum atomic E-state index is -0.240. The van der Waals surface area contributed by atoms with Crippen molar-refractivity contribution in [2.75, 3.05) is 23.7 Å². The van der Waals surface area contributed by atoms with E-state index >= 15 is 0 Å². The lowest BCUT2D eigenvalue weighted by atomic mass is 10.2. The lowest BCUT2D eigenvalue weighted by Crippen LogP contribution is -2.20. The van der Waals surface area contributed by atoms with Crippen LogP contribution in [0, 0.1) is 12.7 Å². The third-order valence-electron chi connectivity index (χ3n) is 4.22. The second-order valence-electron chi connectivity index (χ2n) is 6.23. The van der Waals surface area contributed by atoms with Gasteiger partial charge in [0.15, 0.2) is 5.11 Å². The molecular formula is C19H22FN3S. The van der Waals surface area contributed by atoms with Gasteiger partial charge in [0.1, 0.15) is 5.82 Å². The van der Waals surface area contributed by atoms with Crippen molar-refractivity contribution in [1.82, 2.24) is 4.90 Å². The Morgan fingerprint density at radius 2 is 1.79 bits per heavy atom. The fraction of sp³-hybridized carbons (Fsp3) is 0.316. The van der Waals surface area contributed by atoms with Crippen molar-refractivity contribution in [3.63, 3.8) is 0 Å². The van der Waals surface area contributed by atoms with Crippen LogP contribution in [0.5, 0.6) is 0 Å². The maximum atomic E-state index is 13.6. The molecule has 1 aliphatic rings. The van der Waals surface area contributed by atoms with Gasteiger partial charge in [-0.1, -0.05) is 18.2 Å².